The van der Waals surface area contributed by atoms with Gasteiger partial charge in [-0.2, -0.15) is 0 Å². The van der Waals surface area contributed by atoms with Gasteiger partial charge in [0.25, 0.3) is 0 Å². The summed E-state index contributed by atoms with van der Waals surface area (Å²) >= 11 is 5.82. The molecular formula is C12H17ClFN. The van der Waals surface area contributed by atoms with Crippen LogP contribution in [0.2, 0.25) is 5.02 Å². The van der Waals surface area contributed by atoms with E-state index in [-0.39, 0.29) is 11.4 Å². The fourth-order valence-electron chi connectivity index (χ4n) is 1.77. The largest absolute Gasteiger partial charge is 0.325 e. The predicted octanol–water partition coefficient (Wildman–Crippen LogP) is 3.54. The summed E-state index contributed by atoms with van der Waals surface area (Å²) < 4.78 is 13.4. The van der Waals surface area contributed by atoms with Gasteiger partial charge in [-0.3, -0.25) is 0 Å². The van der Waals surface area contributed by atoms with Gasteiger partial charge in [0.1, 0.15) is 5.82 Å². The monoisotopic (exact) mass is 229 g/mol. The maximum absolute atomic E-state index is 13.4. The Balaban J connectivity index is 2.83. The average molecular weight is 230 g/mol. The smallest absolute Gasteiger partial charge is 0.126 e. The van der Waals surface area contributed by atoms with E-state index >= 15 is 0 Å². The highest BCUT2D eigenvalue weighted by atomic mass is 35.5. The van der Waals surface area contributed by atoms with Crippen molar-refractivity contribution in [3.63, 3.8) is 0 Å². The van der Waals surface area contributed by atoms with Gasteiger partial charge in [0.05, 0.1) is 0 Å². The second-order valence-electron chi connectivity index (χ2n) is 4.32. The van der Waals surface area contributed by atoms with Crippen LogP contribution in [0, 0.1) is 5.82 Å². The predicted molar refractivity (Wildman–Crippen MR) is 62.6 cm³/mol. The molecule has 1 unspecified atom stereocenters. The van der Waals surface area contributed by atoms with E-state index in [1.165, 1.54) is 6.07 Å². The Hall–Kier alpha value is -0.600. The average Bonchev–Trinajstić information content (AvgIpc) is 2.10. The Labute approximate surface area is 95.4 Å². The first-order chi connectivity index (χ1) is 6.94. The van der Waals surface area contributed by atoms with Gasteiger partial charge in [0, 0.05) is 10.6 Å². The van der Waals surface area contributed by atoms with Crippen molar-refractivity contribution >= 4 is 11.6 Å². The third-order valence-electron chi connectivity index (χ3n) is 2.42. The first-order valence-corrected chi connectivity index (χ1v) is 5.55. The second kappa shape index (κ2) is 4.95. The summed E-state index contributed by atoms with van der Waals surface area (Å²) in [4.78, 5) is 0. The lowest BCUT2D eigenvalue weighted by atomic mass is 9.89. The Kier molecular flexibility index (Phi) is 4.12. The SMILES string of the molecule is CCCC(C)(N)Cc1cc(Cl)ccc1F. The number of halogens is 2. The first kappa shape index (κ1) is 12.5. The van der Waals surface area contributed by atoms with E-state index in [0.29, 0.717) is 17.0 Å². The minimum atomic E-state index is -0.361. The molecule has 2 N–H and O–H groups in total. The molecule has 0 aliphatic carbocycles. The lowest BCUT2D eigenvalue weighted by Crippen LogP contribution is -2.38. The molecule has 0 fully saturated rings. The maximum atomic E-state index is 13.4. The third kappa shape index (κ3) is 3.80. The standard InChI is InChI=1S/C12H17ClFN/c1-3-6-12(2,15)8-9-7-10(13)4-5-11(9)14/h4-5,7H,3,6,8,15H2,1-2H3. The van der Waals surface area contributed by atoms with E-state index in [1.54, 1.807) is 12.1 Å². The Morgan fingerprint density at radius 1 is 1.47 bits per heavy atom. The van der Waals surface area contributed by atoms with Crippen molar-refractivity contribution in [1.29, 1.82) is 0 Å². The number of hydrogen-bond donors (Lipinski definition) is 1. The van der Waals surface area contributed by atoms with Crippen molar-refractivity contribution in [1.82, 2.24) is 0 Å². The quantitative estimate of drug-likeness (QED) is 0.840. The summed E-state index contributed by atoms with van der Waals surface area (Å²) in [5, 5.41) is 0.554. The van der Waals surface area contributed by atoms with E-state index < -0.39 is 0 Å². The fourth-order valence-corrected chi connectivity index (χ4v) is 1.97. The summed E-state index contributed by atoms with van der Waals surface area (Å²) in [6, 6.07) is 4.59. The minimum Gasteiger partial charge on any atom is -0.325 e. The maximum Gasteiger partial charge on any atom is 0.126 e. The van der Waals surface area contributed by atoms with Crippen LogP contribution in [0.5, 0.6) is 0 Å². The molecule has 0 amide bonds. The van der Waals surface area contributed by atoms with Crippen LogP contribution in [-0.4, -0.2) is 5.54 Å². The van der Waals surface area contributed by atoms with Gasteiger partial charge < -0.3 is 5.73 Å². The van der Waals surface area contributed by atoms with Crippen molar-refractivity contribution in [3.8, 4) is 0 Å². The molecule has 0 saturated carbocycles. The number of nitrogens with two attached hydrogens (primary N) is 1. The molecule has 0 heterocycles. The lowest BCUT2D eigenvalue weighted by Gasteiger charge is -2.24. The number of hydrogen-bond acceptors (Lipinski definition) is 1. The molecule has 15 heavy (non-hydrogen) atoms. The molecule has 1 aromatic carbocycles. The Morgan fingerprint density at radius 3 is 2.73 bits per heavy atom. The van der Waals surface area contributed by atoms with Crippen molar-refractivity contribution < 1.29 is 4.39 Å². The molecule has 3 heteroatoms. The molecule has 1 atom stereocenters. The van der Waals surface area contributed by atoms with E-state index in [1.807, 2.05) is 6.92 Å². The zero-order valence-electron chi connectivity index (χ0n) is 9.19. The molecule has 1 nitrogen and oxygen atoms in total. The minimum absolute atomic E-state index is 0.229. The molecule has 1 aromatic rings. The normalized spacial score (nSPS) is 15.0. The molecule has 84 valence electrons. The molecule has 0 bridgehead atoms. The fraction of sp³-hybridized carbons (Fsp3) is 0.500. The van der Waals surface area contributed by atoms with Crippen LogP contribution >= 0.6 is 11.6 Å². The van der Waals surface area contributed by atoms with Crippen molar-refractivity contribution in [2.24, 2.45) is 5.73 Å². The van der Waals surface area contributed by atoms with Gasteiger partial charge in [0.15, 0.2) is 0 Å². The summed E-state index contributed by atoms with van der Waals surface area (Å²) in [6.07, 6.45) is 2.39. The van der Waals surface area contributed by atoms with Crippen molar-refractivity contribution in [2.75, 3.05) is 0 Å². The van der Waals surface area contributed by atoms with Gasteiger partial charge >= 0.3 is 0 Å². The zero-order chi connectivity index (χ0) is 11.5. The Morgan fingerprint density at radius 2 is 2.13 bits per heavy atom. The second-order valence-corrected chi connectivity index (χ2v) is 4.75. The van der Waals surface area contributed by atoms with Gasteiger partial charge in [-0.25, -0.2) is 4.39 Å². The molecule has 0 spiro atoms. The number of benzene rings is 1. The van der Waals surface area contributed by atoms with E-state index in [0.717, 1.165) is 12.8 Å². The van der Waals surface area contributed by atoms with Crippen LogP contribution in [-0.2, 0) is 6.42 Å². The van der Waals surface area contributed by atoms with Crippen molar-refractivity contribution in [3.05, 3.63) is 34.6 Å². The topological polar surface area (TPSA) is 26.0 Å². The first-order valence-electron chi connectivity index (χ1n) is 5.17. The summed E-state index contributed by atoms with van der Waals surface area (Å²) in [5.41, 5.74) is 6.31. The summed E-state index contributed by atoms with van der Waals surface area (Å²) in [7, 11) is 0. The molecular weight excluding hydrogens is 213 g/mol. The highest BCUT2D eigenvalue weighted by molar-refractivity contribution is 6.30. The van der Waals surface area contributed by atoms with Gasteiger partial charge in [-0.15, -0.1) is 0 Å². The molecule has 0 saturated heterocycles. The molecule has 1 rings (SSSR count). The summed E-state index contributed by atoms with van der Waals surface area (Å²) in [6.45, 7) is 4.01. The van der Waals surface area contributed by atoms with E-state index in [9.17, 15) is 4.39 Å². The van der Waals surface area contributed by atoms with Gasteiger partial charge in [-0.1, -0.05) is 24.9 Å². The van der Waals surface area contributed by atoms with Gasteiger partial charge in [0.2, 0.25) is 0 Å². The van der Waals surface area contributed by atoms with Crippen LogP contribution in [0.1, 0.15) is 32.3 Å². The molecule has 0 aliphatic rings. The number of rotatable bonds is 4. The van der Waals surface area contributed by atoms with Crippen LogP contribution < -0.4 is 5.73 Å². The van der Waals surface area contributed by atoms with Gasteiger partial charge in [-0.05, 0) is 43.5 Å². The molecule has 0 aliphatic heterocycles. The molecule has 0 aromatic heterocycles. The molecule has 0 radical (unpaired) electrons. The highest BCUT2D eigenvalue weighted by Crippen LogP contribution is 2.21. The Bertz CT molecular complexity index is 336. The summed E-state index contributed by atoms with van der Waals surface area (Å²) in [5.74, 6) is -0.229. The van der Waals surface area contributed by atoms with E-state index in [4.69, 9.17) is 17.3 Å². The highest BCUT2D eigenvalue weighted by Gasteiger charge is 2.19. The van der Waals surface area contributed by atoms with E-state index in [2.05, 4.69) is 6.92 Å². The van der Waals surface area contributed by atoms with Crippen LogP contribution in [0.25, 0.3) is 0 Å². The van der Waals surface area contributed by atoms with Crippen LogP contribution in [0.4, 0.5) is 4.39 Å². The van der Waals surface area contributed by atoms with Crippen molar-refractivity contribution in [2.45, 2.75) is 38.6 Å². The van der Waals surface area contributed by atoms with Crippen LogP contribution in [0.15, 0.2) is 18.2 Å². The third-order valence-corrected chi connectivity index (χ3v) is 2.66. The lowest BCUT2D eigenvalue weighted by molar-refractivity contribution is 0.416. The van der Waals surface area contributed by atoms with Crippen LogP contribution in [0.3, 0.4) is 0 Å². The zero-order valence-corrected chi connectivity index (χ0v) is 9.94.